The van der Waals surface area contributed by atoms with Crippen molar-refractivity contribution in [3.8, 4) is 0 Å². The lowest BCUT2D eigenvalue weighted by atomic mass is 10.0. The molecule has 0 bridgehead atoms. The van der Waals surface area contributed by atoms with E-state index >= 15 is 0 Å². The molecule has 1 rings (SSSR count). The van der Waals surface area contributed by atoms with Gasteiger partial charge in [0.15, 0.2) is 11.6 Å². The van der Waals surface area contributed by atoms with E-state index in [1.807, 2.05) is 0 Å². The Morgan fingerprint density at radius 2 is 2.00 bits per heavy atom. The molecule has 2 nitrogen and oxygen atoms in total. The fourth-order valence-electron chi connectivity index (χ4n) is 1.13. The minimum absolute atomic E-state index is 0.0839. The van der Waals surface area contributed by atoms with Crippen molar-refractivity contribution in [1.82, 2.24) is 0 Å². The smallest absolute Gasteiger partial charge is 0.164 e. The SMILES string of the molecule is COC(C)C(O)c1cccc(F)c1F. The van der Waals surface area contributed by atoms with E-state index < -0.39 is 23.8 Å². The number of aliphatic hydroxyl groups is 1. The van der Waals surface area contributed by atoms with Gasteiger partial charge in [-0.3, -0.25) is 0 Å². The summed E-state index contributed by atoms with van der Waals surface area (Å²) in [6, 6.07) is 3.68. The van der Waals surface area contributed by atoms with Gasteiger partial charge in [0, 0.05) is 12.7 Å². The molecule has 0 aliphatic rings. The van der Waals surface area contributed by atoms with Gasteiger partial charge in [-0.2, -0.15) is 0 Å². The molecule has 4 heteroatoms. The van der Waals surface area contributed by atoms with Crippen molar-refractivity contribution in [3.63, 3.8) is 0 Å². The lowest BCUT2D eigenvalue weighted by molar-refractivity contribution is -0.00343. The van der Waals surface area contributed by atoms with Gasteiger partial charge in [0.05, 0.1) is 6.10 Å². The Kier molecular flexibility index (Phi) is 3.55. The second kappa shape index (κ2) is 4.48. The lowest BCUT2D eigenvalue weighted by Gasteiger charge is -2.18. The topological polar surface area (TPSA) is 29.5 Å². The molecular weight excluding hydrogens is 190 g/mol. The number of methoxy groups -OCH3 is 1. The molecule has 78 valence electrons. The quantitative estimate of drug-likeness (QED) is 0.812. The third kappa shape index (κ3) is 2.08. The fraction of sp³-hybridized carbons (Fsp3) is 0.400. The maximum Gasteiger partial charge on any atom is 0.164 e. The molecule has 1 aromatic carbocycles. The molecule has 0 amide bonds. The van der Waals surface area contributed by atoms with Crippen LogP contribution >= 0.6 is 0 Å². The average molecular weight is 202 g/mol. The minimum atomic E-state index is -1.16. The molecular formula is C10H12F2O2. The molecule has 0 saturated carbocycles. The van der Waals surface area contributed by atoms with E-state index in [-0.39, 0.29) is 5.56 Å². The second-order valence-electron chi connectivity index (χ2n) is 3.03. The average Bonchev–Trinajstić information content (AvgIpc) is 2.20. The largest absolute Gasteiger partial charge is 0.386 e. The lowest BCUT2D eigenvalue weighted by Crippen LogP contribution is -2.18. The summed E-state index contributed by atoms with van der Waals surface area (Å²) in [6.45, 7) is 1.58. The monoisotopic (exact) mass is 202 g/mol. The molecule has 0 aliphatic heterocycles. The fourth-order valence-corrected chi connectivity index (χ4v) is 1.13. The summed E-state index contributed by atoms with van der Waals surface area (Å²) in [4.78, 5) is 0. The Balaban J connectivity index is 3.01. The highest BCUT2D eigenvalue weighted by molar-refractivity contribution is 5.21. The van der Waals surface area contributed by atoms with Gasteiger partial charge >= 0.3 is 0 Å². The number of hydrogen-bond donors (Lipinski definition) is 1. The summed E-state index contributed by atoms with van der Waals surface area (Å²) in [5.74, 6) is -1.99. The van der Waals surface area contributed by atoms with Gasteiger partial charge < -0.3 is 9.84 Å². The minimum Gasteiger partial charge on any atom is -0.386 e. The van der Waals surface area contributed by atoms with Gasteiger partial charge in [0.2, 0.25) is 0 Å². The molecule has 0 fully saturated rings. The third-order valence-electron chi connectivity index (χ3n) is 2.12. The van der Waals surface area contributed by atoms with Crippen molar-refractivity contribution in [1.29, 1.82) is 0 Å². The predicted molar refractivity (Wildman–Crippen MR) is 47.8 cm³/mol. The number of hydrogen-bond acceptors (Lipinski definition) is 2. The maximum absolute atomic E-state index is 13.2. The highest BCUT2D eigenvalue weighted by Gasteiger charge is 2.20. The van der Waals surface area contributed by atoms with E-state index in [0.717, 1.165) is 6.07 Å². The van der Waals surface area contributed by atoms with Crippen LogP contribution in [0.3, 0.4) is 0 Å². The summed E-state index contributed by atoms with van der Waals surface area (Å²) in [7, 11) is 1.39. The number of rotatable bonds is 3. The maximum atomic E-state index is 13.2. The van der Waals surface area contributed by atoms with Crippen LogP contribution in [0.25, 0.3) is 0 Å². The predicted octanol–water partition coefficient (Wildman–Crippen LogP) is 2.03. The first-order valence-corrected chi connectivity index (χ1v) is 4.22. The Morgan fingerprint density at radius 3 is 2.57 bits per heavy atom. The Labute approximate surface area is 81.1 Å². The first kappa shape index (κ1) is 11.1. The standard InChI is InChI=1S/C10H12F2O2/c1-6(14-2)10(13)7-4-3-5-8(11)9(7)12/h3-6,10,13H,1-2H3. The summed E-state index contributed by atoms with van der Waals surface area (Å²) in [6.07, 6.45) is -1.73. The number of ether oxygens (including phenoxy) is 1. The molecule has 0 radical (unpaired) electrons. The first-order chi connectivity index (χ1) is 6.57. The first-order valence-electron chi connectivity index (χ1n) is 4.22. The van der Waals surface area contributed by atoms with Gasteiger partial charge in [-0.05, 0) is 13.0 Å². The van der Waals surface area contributed by atoms with Crippen molar-refractivity contribution < 1.29 is 18.6 Å². The van der Waals surface area contributed by atoms with Crippen LogP contribution in [-0.2, 0) is 4.74 Å². The van der Waals surface area contributed by atoms with E-state index in [2.05, 4.69) is 0 Å². The van der Waals surface area contributed by atoms with E-state index in [9.17, 15) is 13.9 Å². The summed E-state index contributed by atoms with van der Waals surface area (Å²) < 4.78 is 30.8. The number of aliphatic hydroxyl groups excluding tert-OH is 1. The van der Waals surface area contributed by atoms with E-state index in [1.165, 1.54) is 19.2 Å². The third-order valence-corrected chi connectivity index (χ3v) is 2.12. The molecule has 0 spiro atoms. The molecule has 0 aromatic heterocycles. The van der Waals surface area contributed by atoms with Gasteiger partial charge in [-0.1, -0.05) is 12.1 Å². The van der Waals surface area contributed by atoms with Crippen LogP contribution in [0.5, 0.6) is 0 Å². The second-order valence-corrected chi connectivity index (χ2v) is 3.03. The molecule has 1 aromatic rings. The van der Waals surface area contributed by atoms with Gasteiger partial charge in [0.25, 0.3) is 0 Å². The zero-order valence-corrected chi connectivity index (χ0v) is 8.00. The molecule has 14 heavy (non-hydrogen) atoms. The molecule has 0 saturated heterocycles. The summed E-state index contributed by atoms with van der Waals surface area (Å²) in [5, 5.41) is 9.56. The molecule has 0 heterocycles. The molecule has 2 unspecified atom stereocenters. The van der Waals surface area contributed by atoms with Crippen molar-refractivity contribution in [2.24, 2.45) is 0 Å². The van der Waals surface area contributed by atoms with Crippen LogP contribution in [0.4, 0.5) is 8.78 Å². The van der Waals surface area contributed by atoms with E-state index in [0.29, 0.717) is 0 Å². The van der Waals surface area contributed by atoms with E-state index in [1.54, 1.807) is 6.92 Å². The van der Waals surface area contributed by atoms with Gasteiger partial charge in [-0.15, -0.1) is 0 Å². The van der Waals surface area contributed by atoms with Crippen LogP contribution in [0.2, 0.25) is 0 Å². The Morgan fingerprint density at radius 1 is 1.36 bits per heavy atom. The van der Waals surface area contributed by atoms with Crippen molar-refractivity contribution in [2.45, 2.75) is 19.1 Å². The molecule has 2 atom stereocenters. The zero-order chi connectivity index (χ0) is 10.7. The summed E-state index contributed by atoms with van der Waals surface area (Å²) >= 11 is 0. The molecule has 0 aliphatic carbocycles. The molecule has 1 N–H and O–H groups in total. The van der Waals surface area contributed by atoms with Crippen LogP contribution in [0, 0.1) is 11.6 Å². The van der Waals surface area contributed by atoms with Crippen molar-refractivity contribution in [2.75, 3.05) is 7.11 Å². The van der Waals surface area contributed by atoms with Crippen LogP contribution < -0.4 is 0 Å². The normalized spacial score (nSPS) is 15.2. The van der Waals surface area contributed by atoms with Crippen LogP contribution in [0.1, 0.15) is 18.6 Å². The highest BCUT2D eigenvalue weighted by Crippen LogP contribution is 2.22. The Hall–Kier alpha value is -1.00. The summed E-state index contributed by atoms with van der Waals surface area (Å²) in [5.41, 5.74) is -0.0839. The van der Waals surface area contributed by atoms with Crippen LogP contribution in [-0.4, -0.2) is 18.3 Å². The number of halogens is 2. The van der Waals surface area contributed by atoms with Crippen molar-refractivity contribution >= 4 is 0 Å². The van der Waals surface area contributed by atoms with Gasteiger partial charge in [0.1, 0.15) is 6.10 Å². The van der Waals surface area contributed by atoms with E-state index in [4.69, 9.17) is 4.74 Å². The van der Waals surface area contributed by atoms with Crippen molar-refractivity contribution in [3.05, 3.63) is 35.4 Å². The van der Waals surface area contributed by atoms with Gasteiger partial charge in [-0.25, -0.2) is 8.78 Å². The Bertz CT molecular complexity index is 315. The zero-order valence-electron chi connectivity index (χ0n) is 8.00. The number of benzene rings is 1. The van der Waals surface area contributed by atoms with Crippen LogP contribution in [0.15, 0.2) is 18.2 Å². The highest BCUT2D eigenvalue weighted by atomic mass is 19.2.